The van der Waals surface area contributed by atoms with Crippen molar-refractivity contribution in [3.05, 3.63) is 88.4 Å². The summed E-state index contributed by atoms with van der Waals surface area (Å²) < 4.78 is 28.7. The van der Waals surface area contributed by atoms with Crippen molar-refractivity contribution in [2.45, 2.75) is 51.6 Å². The van der Waals surface area contributed by atoms with E-state index in [1.54, 1.807) is 57.2 Å². The molecule has 0 N–H and O–H groups in total. The summed E-state index contributed by atoms with van der Waals surface area (Å²) in [4.78, 5) is 40.5. The Hall–Kier alpha value is -4.08. The Balaban J connectivity index is 1.81. The number of fused-ring (bicyclic) bond motifs is 1. The van der Waals surface area contributed by atoms with E-state index in [4.69, 9.17) is 35.3 Å². The molecule has 3 aromatic carbocycles. The van der Waals surface area contributed by atoms with Crippen molar-refractivity contribution >= 4 is 35.1 Å². The van der Waals surface area contributed by atoms with Crippen LogP contribution >= 0.6 is 11.6 Å². The van der Waals surface area contributed by atoms with Crippen LogP contribution in [0.25, 0.3) is 0 Å². The van der Waals surface area contributed by atoms with Gasteiger partial charge in [0.25, 0.3) is 5.91 Å². The number of anilines is 1. The summed E-state index contributed by atoms with van der Waals surface area (Å²) in [5.41, 5.74) is 1.60. The summed E-state index contributed by atoms with van der Waals surface area (Å²) >= 11 is 6.44. The Kier molecular flexibility index (Phi) is 9.75. The highest BCUT2D eigenvalue weighted by atomic mass is 35.5. The van der Waals surface area contributed by atoms with Gasteiger partial charge in [-0.3, -0.25) is 19.3 Å². The number of rotatable bonds is 9. The molecule has 0 saturated carbocycles. The number of carbonyl (C=O) groups excluding carboxylic acids is 3. The van der Waals surface area contributed by atoms with Crippen molar-refractivity contribution in [3.63, 3.8) is 0 Å². The van der Waals surface area contributed by atoms with E-state index in [1.807, 2.05) is 30.3 Å². The minimum absolute atomic E-state index is 0.293. The van der Waals surface area contributed by atoms with E-state index in [1.165, 1.54) is 19.1 Å². The first kappa shape index (κ1) is 30.9. The number of hydrogen-bond acceptors (Lipinski definition) is 8. The minimum Gasteiger partial charge on any atom is -0.492 e. The lowest BCUT2D eigenvalue weighted by Gasteiger charge is -2.26. The van der Waals surface area contributed by atoms with Crippen LogP contribution in [0.3, 0.4) is 0 Å². The van der Waals surface area contributed by atoms with Crippen molar-refractivity contribution in [1.29, 1.82) is 0 Å². The third-order valence-corrected chi connectivity index (χ3v) is 6.66. The predicted octanol–water partition coefficient (Wildman–Crippen LogP) is 5.65. The van der Waals surface area contributed by atoms with Crippen LogP contribution in [-0.2, 0) is 35.2 Å². The zero-order valence-electron chi connectivity index (χ0n) is 24.2. The molecule has 0 aromatic heterocycles. The molecule has 0 bridgehead atoms. The molecule has 10 heteroatoms. The third-order valence-electron chi connectivity index (χ3n) is 6.42. The van der Waals surface area contributed by atoms with Crippen LogP contribution in [0.15, 0.2) is 66.7 Å². The second kappa shape index (κ2) is 13.3. The average Bonchev–Trinajstić information content (AvgIpc) is 3.05. The molecule has 3 aromatic rings. The van der Waals surface area contributed by atoms with Crippen LogP contribution < -0.4 is 14.4 Å². The van der Waals surface area contributed by atoms with E-state index in [2.05, 4.69) is 0 Å². The lowest BCUT2D eigenvalue weighted by atomic mass is 9.98. The van der Waals surface area contributed by atoms with E-state index >= 15 is 0 Å². The molecule has 0 aliphatic carbocycles. The quantitative estimate of drug-likeness (QED) is 0.292. The topological polar surface area (TPSA) is 101 Å². The van der Waals surface area contributed by atoms with Gasteiger partial charge < -0.3 is 23.7 Å². The molecule has 222 valence electrons. The summed E-state index contributed by atoms with van der Waals surface area (Å²) in [6.45, 7) is 5.10. The van der Waals surface area contributed by atoms with E-state index in [9.17, 15) is 14.4 Å². The number of nitrogens with zero attached hydrogens (tertiary/aromatic N) is 1. The van der Waals surface area contributed by atoms with Gasteiger partial charge in [-0.05, 0) is 50.6 Å². The number of hydrogen-bond donors (Lipinski definition) is 0. The number of amides is 1. The predicted molar refractivity (Wildman–Crippen MR) is 157 cm³/mol. The van der Waals surface area contributed by atoms with Gasteiger partial charge in [-0.15, -0.1) is 0 Å². The first-order valence-electron chi connectivity index (χ1n) is 13.4. The Morgan fingerprint density at radius 1 is 0.952 bits per heavy atom. The molecule has 1 aliphatic heterocycles. The van der Waals surface area contributed by atoms with Crippen LogP contribution in [0.1, 0.15) is 50.0 Å². The molecule has 2 unspecified atom stereocenters. The Morgan fingerprint density at radius 3 is 2.36 bits per heavy atom. The molecule has 0 spiro atoms. The number of carbonyl (C=O) groups is 3. The molecule has 9 nitrogen and oxygen atoms in total. The van der Waals surface area contributed by atoms with Gasteiger partial charge in [0.05, 0.1) is 26.3 Å². The molecular formula is C32H34ClNO8. The van der Waals surface area contributed by atoms with Gasteiger partial charge in [0.1, 0.15) is 31.0 Å². The maximum atomic E-state index is 13.9. The fourth-order valence-corrected chi connectivity index (χ4v) is 4.83. The highest BCUT2D eigenvalue weighted by molar-refractivity contribution is 6.30. The number of benzene rings is 3. The Labute approximate surface area is 250 Å². The second-order valence-corrected chi connectivity index (χ2v) is 11.1. The number of halogens is 1. The maximum Gasteiger partial charge on any atom is 0.326 e. The smallest absolute Gasteiger partial charge is 0.326 e. The summed E-state index contributed by atoms with van der Waals surface area (Å²) in [5.74, 6) is -1.04. The second-order valence-electron chi connectivity index (χ2n) is 10.7. The first-order valence-corrected chi connectivity index (χ1v) is 13.8. The van der Waals surface area contributed by atoms with Gasteiger partial charge in [0.2, 0.25) is 0 Å². The van der Waals surface area contributed by atoms with Gasteiger partial charge >= 0.3 is 11.9 Å². The van der Waals surface area contributed by atoms with Gasteiger partial charge in [-0.25, -0.2) is 0 Å². The standard InChI is InChI=1S/C32H34ClNO8/c1-32(2,3)42-28(36)18-34-24-15-14-21(33)16-23(24)29(41-26(31(34)37)17-27(35)38-4)22-12-9-13-25(30(22)39-5)40-19-20-10-7-6-8-11-20/h6-16,26,29H,17-19H2,1-5H3. The minimum atomic E-state index is -1.30. The maximum absolute atomic E-state index is 13.9. The number of methoxy groups -OCH3 is 2. The molecule has 42 heavy (non-hydrogen) atoms. The largest absolute Gasteiger partial charge is 0.492 e. The van der Waals surface area contributed by atoms with Crippen LogP contribution in [0.2, 0.25) is 5.02 Å². The highest BCUT2D eigenvalue weighted by Gasteiger charge is 2.40. The molecule has 0 saturated heterocycles. The van der Waals surface area contributed by atoms with Crippen molar-refractivity contribution < 1.29 is 38.1 Å². The summed E-state index contributed by atoms with van der Waals surface area (Å²) in [6, 6.07) is 19.9. The fraction of sp³-hybridized carbons (Fsp3) is 0.344. The van der Waals surface area contributed by atoms with Crippen LogP contribution in [0.4, 0.5) is 5.69 Å². The van der Waals surface area contributed by atoms with Gasteiger partial charge in [0.15, 0.2) is 11.5 Å². The molecule has 2 atom stereocenters. The van der Waals surface area contributed by atoms with Crippen molar-refractivity contribution in [2.75, 3.05) is 25.7 Å². The van der Waals surface area contributed by atoms with E-state index in [0.717, 1.165) is 5.56 Å². The van der Waals surface area contributed by atoms with E-state index < -0.39 is 42.2 Å². The Bertz CT molecular complexity index is 1440. The average molecular weight is 596 g/mol. The molecule has 0 radical (unpaired) electrons. The van der Waals surface area contributed by atoms with Crippen LogP contribution in [0.5, 0.6) is 11.5 Å². The SMILES string of the molecule is COC(=O)CC1OC(c2cccc(OCc3ccccc3)c2OC)c2cc(Cl)ccc2N(CC(=O)OC(C)(C)C)C1=O. The highest BCUT2D eigenvalue weighted by Crippen LogP contribution is 2.45. The summed E-state index contributed by atoms with van der Waals surface area (Å²) in [7, 11) is 2.74. The molecule has 0 fully saturated rings. The molecular weight excluding hydrogens is 562 g/mol. The molecule has 4 rings (SSSR count). The molecule has 1 heterocycles. The zero-order valence-corrected chi connectivity index (χ0v) is 25.0. The summed E-state index contributed by atoms with van der Waals surface area (Å²) in [5, 5.41) is 0.383. The van der Waals surface area contributed by atoms with Crippen molar-refractivity contribution in [3.8, 4) is 11.5 Å². The van der Waals surface area contributed by atoms with Crippen molar-refractivity contribution in [2.24, 2.45) is 0 Å². The normalized spacial score (nSPS) is 16.7. The number of esters is 2. The monoisotopic (exact) mass is 595 g/mol. The zero-order chi connectivity index (χ0) is 30.4. The lowest BCUT2D eigenvalue weighted by Crippen LogP contribution is -2.44. The van der Waals surface area contributed by atoms with Gasteiger partial charge in [-0.1, -0.05) is 54.1 Å². The first-order chi connectivity index (χ1) is 20.0. The van der Waals surface area contributed by atoms with Crippen LogP contribution in [0, 0.1) is 0 Å². The van der Waals surface area contributed by atoms with Gasteiger partial charge in [0, 0.05) is 16.1 Å². The van der Waals surface area contributed by atoms with E-state index in [-0.39, 0.29) is 6.42 Å². The van der Waals surface area contributed by atoms with Crippen LogP contribution in [-0.4, -0.2) is 50.3 Å². The lowest BCUT2D eigenvalue weighted by molar-refractivity contribution is -0.154. The third kappa shape index (κ3) is 7.40. The molecule has 1 aliphatic rings. The summed E-state index contributed by atoms with van der Waals surface area (Å²) in [6.07, 6.45) is -2.61. The van der Waals surface area contributed by atoms with Gasteiger partial charge in [-0.2, -0.15) is 0 Å². The number of para-hydroxylation sites is 1. The molecule has 1 amide bonds. The fourth-order valence-electron chi connectivity index (χ4n) is 4.65. The van der Waals surface area contributed by atoms with E-state index in [0.29, 0.717) is 39.9 Å². The Morgan fingerprint density at radius 2 is 1.69 bits per heavy atom. The number of ether oxygens (including phenoxy) is 5. The van der Waals surface area contributed by atoms with Crippen molar-refractivity contribution in [1.82, 2.24) is 0 Å².